The Morgan fingerprint density at radius 3 is 2.72 bits per heavy atom. The van der Waals surface area contributed by atoms with E-state index in [0.29, 0.717) is 0 Å². The first-order chi connectivity index (χ1) is 8.56. The minimum absolute atomic E-state index is 0.123. The molecule has 2 heterocycles. The Morgan fingerprint density at radius 2 is 2.06 bits per heavy atom. The normalized spacial score (nSPS) is 16.9. The summed E-state index contributed by atoms with van der Waals surface area (Å²) in [5.74, 6) is 0. The summed E-state index contributed by atoms with van der Waals surface area (Å²) in [7, 11) is 0. The van der Waals surface area contributed by atoms with E-state index in [4.69, 9.17) is 4.74 Å². The minimum atomic E-state index is 0.123. The maximum absolute atomic E-state index is 5.40. The number of nitrogens with one attached hydrogen (secondary N) is 1. The van der Waals surface area contributed by atoms with E-state index in [1.54, 1.807) is 0 Å². The van der Waals surface area contributed by atoms with Crippen LogP contribution in [0.3, 0.4) is 0 Å². The van der Waals surface area contributed by atoms with Crippen LogP contribution in [0.4, 0.5) is 5.69 Å². The van der Waals surface area contributed by atoms with E-state index in [-0.39, 0.29) is 5.54 Å². The first-order valence-corrected chi connectivity index (χ1v) is 6.57. The molecule has 18 heavy (non-hydrogen) atoms. The Labute approximate surface area is 109 Å². The lowest BCUT2D eigenvalue weighted by Crippen LogP contribution is -2.38. The molecular weight excluding hydrogens is 226 g/mol. The summed E-state index contributed by atoms with van der Waals surface area (Å²) in [4.78, 5) is 6.62. The van der Waals surface area contributed by atoms with Crippen molar-refractivity contribution in [3.8, 4) is 0 Å². The summed E-state index contributed by atoms with van der Waals surface area (Å²) in [6.45, 7) is 10.9. The standard InChI is InChI=1S/C14H23N3O/c1-14(2,3)16-11-12-10-15-5-4-13(12)17-6-8-18-9-7-17/h4-5,10,16H,6-9,11H2,1-3H3. The topological polar surface area (TPSA) is 37.4 Å². The van der Waals surface area contributed by atoms with Crippen molar-refractivity contribution in [1.82, 2.24) is 10.3 Å². The summed E-state index contributed by atoms with van der Waals surface area (Å²) >= 11 is 0. The molecule has 1 fully saturated rings. The number of pyridine rings is 1. The first-order valence-electron chi connectivity index (χ1n) is 6.57. The van der Waals surface area contributed by atoms with Crippen molar-refractivity contribution in [3.63, 3.8) is 0 Å². The van der Waals surface area contributed by atoms with Crippen molar-refractivity contribution in [2.75, 3.05) is 31.2 Å². The third-order valence-electron chi connectivity index (χ3n) is 3.04. The molecule has 1 aliphatic rings. The number of anilines is 1. The van der Waals surface area contributed by atoms with Crippen molar-refractivity contribution in [3.05, 3.63) is 24.0 Å². The average Bonchev–Trinajstić information content (AvgIpc) is 2.37. The SMILES string of the molecule is CC(C)(C)NCc1cnccc1N1CCOCC1. The fourth-order valence-corrected chi connectivity index (χ4v) is 2.03. The lowest BCUT2D eigenvalue weighted by Gasteiger charge is -2.31. The molecule has 100 valence electrons. The molecule has 1 N–H and O–H groups in total. The minimum Gasteiger partial charge on any atom is -0.378 e. The zero-order chi connectivity index (χ0) is 13.0. The Kier molecular flexibility index (Phi) is 4.19. The summed E-state index contributed by atoms with van der Waals surface area (Å²) in [6.07, 6.45) is 3.83. The second-order valence-electron chi connectivity index (χ2n) is 5.71. The third-order valence-corrected chi connectivity index (χ3v) is 3.04. The number of hydrogen-bond donors (Lipinski definition) is 1. The van der Waals surface area contributed by atoms with E-state index in [1.165, 1.54) is 11.3 Å². The van der Waals surface area contributed by atoms with Crippen LogP contribution in [0.25, 0.3) is 0 Å². The lowest BCUT2D eigenvalue weighted by molar-refractivity contribution is 0.122. The molecule has 0 amide bonds. The average molecular weight is 249 g/mol. The van der Waals surface area contributed by atoms with Gasteiger partial charge in [0, 0.05) is 48.8 Å². The molecule has 1 aliphatic heterocycles. The van der Waals surface area contributed by atoms with E-state index in [9.17, 15) is 0 Å². The van der Waals surface area contributed by atoms with E-state index >= 15 is 0 Å². The predicted octanol–water partition coefficient (Wildman–Crippen LogP) is 1.81. The van der Waals surface area contributed by atoms with Crippen molar-refractivity contribution < 1.29 is 4.74 Å². The molecule has 2 rings (SSSR count). The Hall–Kier alpha value is -1.13. The molecule has 0 radical (unpaired) electrons. The summed E-state index contributed by atoms with van der Waals surface area (Å²) in [6, 6.07) is 2.10. The second-order valence-corrected chi connectivity index (χ2v) is 5.71. The fourth-order valence-electron chi connectivity index (χ4n) is 2.03. The van der Waals surface area contributed by atoms with E-state index in [1.807, 2.05) is 12.4 Å². The van der Waals surface area contributed by atoms with Gasteiger partial charge in [0.15, 0.2) is 0 Å². The molecule has 4 heteroatoms. The van der Waals surface area contributed by atoms with Gasteiger partial charge >= 0.3 is 0 Å². The van der Waals surface area contributed by atoms with Crippen LogP contribution in [-0.4, -0.2) is 36.8 Å². The molecule has 0 aromatic carbocycles. The van der Waals surface area contributed by atoms with Gasteiger partial charge in [-0.15, -0.1) is 0 Å². The van der Waals surface area contributed by atoms with E-state index in [0.717, 1.165) is 32.8 Å². The van der Waals surface area contributed by atoms with Crippen molar-refractivity contribution in [1.29, 1.82) is 0 Å². The number of aromatic nitrogens is 1. The van der Waals surface area contributed by atoms with Crippen molar-refractivity contribution in [2.24, 2.45) is 0 Å². The van der Waals surface area contributed by atoms with Gasteiger partial charge in [0.05, 0.1) is 13.2 Å². The molecule has 0 aliphatic carbocycles. The third kappa shape index (κ3) is 3.68. The smallest absolute Gasteiger partial charge is 0.0642 e. The maximum atomic E-state index is 5.40. The van der Waals surface area contributed by atoms with Gasteiger partial charge in [0.2, 0.25) is 0 Å². The number of morpholine rings is 1. The summed E-state index contributed by atoms with van der Waals surface area (Å²) in [5.41, 5.74) is 2.66. The fraction of sp³-hybridized carbons (Fsp3) is 0.643. The Balaban J connectivity index is 2.09. The quantitative estimate of drug-likeness (QED) is 0.886. The van der Waals surface area contributed by atoms with Gasteiger partial charge in [0.25, 0.3) is 0 Å². The molecule has 0 spiro atoms. The highest BCUT2D eigenvalue weighted by molar-refractivity contribution is 5.52. The molecule has 0 atom stereocenters. The largest absolute Gasteiger partial charge is 0.378 e. The molecule has 0 saturated carbocycles. The second kappa shape index (κ2) is 5.67. The van der Waals surface area contributed by atoms with Gasteiger partial charge in [-0.2, -0.15) is 0 Å². The lowest BCUT2D eigenvalue weighted by atomic mass is 10.1. The zero-order valence-electron chi connectivity index (χ0n) is 11.6. The summed E-state index contributed by atoms with van der Waals surface area (Å²) < 4.78 is 5.40. The molecule has 0 unspecified atom stereocenters. The Bertz CT molecular complexity index is 381. The molecule has 0 bridgehead atoms. The number of ether oxygens (including phenoxy) is 1. The highest BCUT2D eigenvalue weighted by Gasteiger charge is 2.16. The molecular formula is C14H23N3O. The highest BCUT2D eigenvalue weighted by atomic mass is 16.5. The highest BCUT2D eigenvalue weighted by Crippen LogP contribution is 2.20. The van der Waals surface area contributed by atoms with Crippen LogP contribution in [0.2, 0.25) is 0 Å². The predicted molar refractivity (Wildman–Crippen MR) is 73.9 cm³/mol. The van der Waals surface area contributed by atoms with Crippen LogP contribution in [0.1, 0.15) is 26.3 Å². The molecule has 1 aromatic heterocycles. The van der Waals surface area contributed by atoms with Gasteiger partial charge in [-0.3, -0.25) is 4.98 Å². The number of nitrogens with zero attached hydrogens (tertiary/aromatic N) is 2. The molecule has 1 aromatic rings. The monoisotopic (exact) mass is 249 g/mol. The van der Waals surface area contributed by atoms with Crippen LogP contribution in [-0.2, 0) is 11.3 Å². The molecule has 1 saturated heterocycles. The van der Waals surface area contributed by atoms with Gasteiger partial charge in [-0.1, -0.05) is 0 Å². The van der Waals surface area contributed by atoms with E-state index < -0.39 is 0 Å². The van der Waals surface area contributed by atoms with Crippen LogP contribution in [0.5, 0.6) is 0 Å². The van der Waals surface area contributed by atoms with Crippen LogP contribution >= 0.6 is 0 Å². The summed E-state index contributed by atoms with van der Waals surface area (Å²) in [5, 5.41) is 3.52. The molecule has 4 nitrogen and oxygen atoms in total. The zero-order valence-corrected chi connectivity index (χ0v) is 11.6. The van der Waals surface area contributed by atoms with Gasteiger partial charge < -0.3 is 15.0 Å². The maximum Gasteiger partial charge on any atom is 0.0642 e. The number of hydrogen-bond acceptors (Lipinski definition) is 4. The van der Waals surface area contributed by atoms with Crippen molar-refractivity contribution in [2.45, 2.75) is 32.9 Å². The number of rotatable bonds is 3. The Morgan fingerprint density at radius 1 is 1.33 bits per heavy atom. The van der Waals surface area contributed by atoms with Crippen molar-refractivity contribution >= 4 is 5.69 Å². The van der Waals surface area contributed by atoms with Gasteiger partial charge in [0.1, 0.15) is 0 Å². The van der Waals surface area contributed by atoms with E-state index in [2.05, 4.69) is 42.0 Å². The van der Waals surface area contributed by atoms with Gasteiger partial charge in [-0.25, -0.2) is 0 Å². The van der Waals surface area contributed by atoms with Crippen LogP contribution in [0.15, 0.2) is 18.5 Å². The first kappa shape index (κ1) is 13.3. The van der Waals surface area contributed by atoms with Crippen LogP contribution < -0.4 is 10.2 Å². The van der Waals surface area contributed by atoms with Gasteiger partial charge in [-0.05, 0) is 26.8 Å². The van der Waals surface area contributed by atoms with Crippen LogP contribution in [0, 0.1) is 0 Å².